The van der Waals surface area contributed by atoms with E-state index in [9.17, 15) is 9.59 Å². The molecule has 0 atom stereocenters. The summed E-state index contributed by atoms with van der Waals surface area (Å²) < 4.78 is 7.50. The molecule has 0 aromatic carbocycles. The molecule has 1 N–H and O–H groups in total. The number of rotatable bonds is 5. The maximum atomic E-state index is 12.3. The van der Waals surface area contributed by atoms with Crippen LogP contribution in [0.5, 0.6) is 0 Å². The predicted octanol–water partition coefficient (Wildman–Crippen LogP) is -0.375. The number of nitrogens with zero attached hydrogens (tertiary/aromatic N) is 6. The van der Waals surface area contributed by atoms with Crippen molar-refractivity contribution in [2.24, 2.45) is 7.05 Å². The predicted molar refractivity (Wildman–Crippen MR) is 103 cm³/mol. The average molecular weight is 393 g/mol. The minimum atomic E-state index is -0.255. The molecule has 2 aliphatic heterocycles. The van der Waals surface area contributed by atoms with Gasteiger partial charge in [-0.25, -0.2) is 4.79 Å². The van der Waals surface area contributed by atoms with Gasteiger partial charge in [0.1, 0.15) is 11.6 Å². The molecule has 1 aromatic rings. The fraction of sp³-hybridized carbons (Fsp3) is 0.778. The lowest BCUT2D eigenvalue weighted by Gasteiger charge is -2.31. The first-order chi connectivity index (χ1) is 13.5. The molecule has 3 heterocycles. The van der Waals surface area contributed by atoms with Gasteiger partial charge in [0, 0.05) is 53.2 Å². The van der Waals surface area contributed by atoms with E-state index >= 15 is 0 Å². The van der Waals surface area contributed by atoms with Crippen molar-refractivity contribution in [2.45, 2.75) is 25.3 Å². The van der Waals surface area contributed by atoms with Gasteiger partial charge in [-0.2, -0.15) is 0 Å². The van der Waals surface area contributed by atoms with Crippen LogP contribution in [0.1, 0.15) is 30.4 Å². The molecule has 2 fully saturated rings. The monoisotopic (exact) mass is 393 g/mol. The van der Waals surface area contributed by atoms with Crippen LogP contribution in [0, 0.1) is 0 Å². The largest absolute Gasteiger partial charge is 0.379 e. The Kier molecular flexibility index (Phi) is 6.84. The molecule has 28 heavy (non-hydrogen) atoms. The third-order valence-electron chi connectivity index (χ3n) is 5.48. The van der Waals surface area contributed by atoms with Crippen LogP contribution < -0.4 is 5.32 Å². The van der Waals surface area contributed by atoms with E-state index in [2.05, 4.69) is 25.0 Å². The fourth-order valence-electron chi connectivity index (χ4n) is 3.64. The molecule has 0 unspecified atom stereocenters. The second kappa shape index (κ2) is 9.33. The van der Waals surface area contributed by atoms with Crippen molar-refractivity contribution in [3.05, 3.63) is 11.6 Å². The van der Waals surface area contributed by atoms with Crippen LogP contribution in [0.25, 0.3) is 0 Å². The Labute approximate surface area is 165 Å². The van der Waals surface area contributed by atoms with Gasteiger partial charge in [0.25, 0.3) is 0 Å². The molecule has 0 aliphatic carbocycles. The Morgan fingerprint density at radius 1 is 1.14 bits per heavy atom. The van der Waals surface area contributed by atoms with Gasteiger partial charge >= 0.3 is 6.03 Å². The number of piperidine rings is 1. The molecular weight excluding hydrogens is 362 g/mol. The zero-order chi connectivity index (χ0) is 20.1. The highest BCUT2D eigenvalue weighted by molar-refractivity contribution is 5.83. The molecule has 0 saturated carbocycles. The van der Waals surface area contributed by atoms with E-state index in [-0.39, 0.29) is 18.5 Å². The first kappa shape index (κ1) is 20.5. The van der Waals surface area contributed by atoms with E-state index in [4.69, 9.17) is 4.74 Å². The summed E-state index contributed by atoms with van der Waals surface area (Å²) in [5.41, 5.74) is 0. The van der Waals surface area contributed by atoms with E-state index in [1.807, 2.05) is 11.9 Å². The lowest BCUT2D eigenvalue weighted by molar-refractivity contribution is -0.131. The summed E-state index contributed by atoms with van der Waals surface area (Å²) in [5.74, 6) is 2.23. The molecule has 3 rings (SSSR count). The van der Waals surface area contributed by atoms with Crippen LogP contribution in [0.4, 0.5) is 4.79 Å². The zero-order valence-electron chi connectivity index (χ0n) is 17.1. The van der Waals surface area contributed by atoms with E-state index in [1.54, 1.807) is 14.1 Å². The van der Waals surface area contributed by atoms with Crippen LogP contribution in [0.3, 0.4) is 0 Å². The van der Waals surface area contributed by atoms with Crippen LogP contribution >= 0.6 is 0 Å². The van der Waals surface area contributed by atoms with Gasteiger partial charge in [0.15, 0.2) is 0 Å². The number of hydrogen-bond donors (Lipinski definition) is 1. The summed E-state index contributed by atoms with van der Waals surface area (Å²) in [6.45, 7) is 5.56. The maximum absolute atomic E-state index is 12.3. The molecule has 0 bridgehead atoms. The minimum Gasteiger partial charge on any atom is -0.379 e. The van der Waals surface area contributed by atoms with Crippen LogP contribution in [0.15, 0.2) is 0 Å². The zero-order valence-corrected chi connectivity index (χ0v) is 17.1. The van der Waals surface area contributed by atoms with Crippen molar-refractivity contribution in [2.75, 3.05) is 60.0 Å². The summed E-state index contributed by atoms with van der Waals surface area (Å²) in [5, 5.41) is 11.5. The number of likely N-dealkylation sites (tertiary alicyclic amines) is 1. The normalized spacial score (nSPS) is 18.9. The van der Waals surface area contributed by atoms with Gasteiger partial charge in [0.2, 0.25) is 5.91 Å². The number of carbonyl (C=O) groups excluding carboxylic acids is 2. The number of aromatic nitrogens is 3. The Morgan fingerprint density at radius 3 is 2.46 bits per heavy atom. The number of ether oxygens (including phenoxy) is 1. The van der Waals surface area contributed by atoms with Gasteiger partial charge < -0.3 is 24.4 Å². The third kappa shape index (κ3) is 4.99. The fourth-order valence-corrected chi connectivity index (χ4v) is 3.64. The van der Waals surface area contributed by atoms with Crippen molar-refractivity contribution in [1.82, 2.24) is 34.8 Å². The second-order valence-corrected chi connectivity index (χ2v) is 7.63. The van der Waals surface area contributed by atoms with Crippen molar-refractivity contribution in [1.29, 1.82) is 0 Å². The van der Waals surface area contributed by atoms with Crippen molar-refractivity contribution in [3.8, 4) is 0 Å². The summed E-state index contributed by atoms with van der Waals surface area (Å²) in [4.78, 5) is 29.4. The highest BCUT2D eigenvalue weighted by atomic mass is 16.5. The number of hydrogen-bond acceptors (Lipinski definition) is 6. The Morgan fingerprint density at radius 2 is 1.82 bits per heavy atom. The Balaban J connectivity index is 1.49. The van der Waals surface area contributed by atoms with Gasteiger partial charge in [-0.15, -0.1) is 10.2 Å². The molecular formula is C18H31N7O3. The van der Waals surface area contributed by atoms with Crippen LogP contribution in [0.2, 0.25) is 0 Å². The Bertz CT molecular complexity index is 677. The molecule has 10 nitrogen and oxygen atoms in total. The molecule has 1 aromatic heterocycles. The van der Waals surface area contributed by atoms with Gasteiger partial charge in [-0.1, -0.05) is 0 Å². The molecule has 2 aliphatic rings. The number of urea groups is 1. The lowest BCUT2D eigenvalue weighted by atomic mass is 9.96. The van der Waals surface area contributed by atoms with Gasteiger partial charge in [0.05, 0.1) is 26.3 Å². The van der Waals surface area contributed by atoms with Crippen molar-refractivity contribution < 1.29 is 14.3 Å². The average Bonchev–Trinajstić information content (AvgIpc) is 3.07. The maximum Gasteiger partial charge on any atom is 0.317 e. The summed E-state index contributed by atoms with van der Waals surface area (Å²) in [6.07, 6.45) is 1.72. The van der Waals surface area contributed by atoms with E-state index in [1.165, 1.54) is 4.90 Å². The number of nitrogens with one attached hydrogen (secondary N) is 1. The SMILES string of the molecule is CN(C)C(=O)NCC(=O)N1CCC(c2nnc(CN3CCOCC3)n2C)CC1. The number of amides is 3. The van der Waals surface area contributed by atoms with E-state index < -0.39 is 0 Å². The summed E-state index contributed by atoms with van der Waals surface area (Å²) in [7, 11) is 5.33. The van der Waals surface area contributed by atoms with Crippen LogP contribution in [-0.2, 0) is 23.1 Å². The molecule has 156 valence electrons. The van der Waals surface area contributed by atoms with Crippen LogP contribution in [-0.4, -0.2) is 101 Å². The number of morpholine rings is 1. The lowest BCUT2D eigenvalue weighted by Crippen LogP contribution is -2.45. The third-order valence-corrected chi connectivity index (χ3v) is 5.48. The van der Waals surface area contributed by atoms with E-state index in [0.717, 1.165) is 57.3 Å². The molecule has 0 radical (unpaired) electrons. The molecule has 0 spiro atoms. The topological polar surface area (TPSA) is 95.8 Å². The minimum absolute atomic E-state index is 0.0370. The van der Waals surface area contributed by atoms with Gasteiger partial charge in [-0.05, 0) is 12.8 Å². The second-order valence-electron chi connectivity index (χ2n) is 7.63. The molecule has 2 saturated heterocycles. The molecule has 10 heteroatoms. The first-order valence-electron chi connectivity index (χ1n) is 9.87. The van der Waals surface area contributed by atoms with E-state index in [0.29, 0.717) is 19.0 Å². The highest BCUT2D eigenvalue weighted by Crippen LogP contribution is 2.27. The van der Waals surface area contributed by atoms with Crippen molar-refractivity contribution >= 4 is 11.9 Å². The number of carbonyl (C=O) groups is 2. The summed E-state index contributed by atoms with van der Waals surface area (Å²) in [6, 6.07) is -0.255. The highest BCUT2D eigenvalue weighted by Gasteiger charge is 2.28. The quantitative estimate of drug-likeness (QED) is 0.733. The van der Waals surface area contributed by atoms with Gasteiger partial charge in [-0.3, -0.25) is 9.69 Å². The first-order valence-corrected chi connectivity index (χ1v) is 9.87. The molecule has 3 amide bonds. The Hall–Kier alpha value is -2.20. The van der Waals surface area contributed by atoms with Crippen molar-refractivity contribution in [3.63, 3.8) is 0 Å². The standard InChI is InChI=1S/C18H31N7O3/c1-22(2)18(27)19-12-16(26)25-6-4-14(5-7-25)17-21-20-15(23(17)3)13-24-8-10-28-11-9-24/h14H,4-13H2,1-3H3,(H,19,27). The smallest absolute Gasteiger partial charge is 0.317 e. The summed E-state index contributed by atoms with van der Waals surface area (Å²) >= 11 is 0.